The van der Waals surface area contributed by atoms with E-state index in [1.165, 1.54) is 17.5 Å². The second-order valence-electron chi connectivity index (χ2n) is 6.34. The van der Waals surface area contributed by atoms with Gasteiger partial charge < -0.3 is 5.32 Å². The number of fused-ring (bicyclic) bond motifs is 1. The average Bonchev–Trinajstić information content (AvgIpc) is 3.23. The third-order valence-electron chi connectivity index (χ3n) is 4.37. The molecule has 0 unspecified atom stereocenters. The second-order valence-corrected chi connectivity index (χ2v) is 7.20. The Hall–Kier alpha value is -3.53. The highest BCUT2D eigenvalue weighted by Gasteiger charge is 2.30. The Balaban J connectivity index is 1.52. The summed E-state index contributed by atoms with van der Waals surface area (Å²) in [5.74, 6) is -0.499. The number of nitrogens with one attached hydrogen (secondary N) is 2. The van der Waals surface area contributed by atoms with E-state index < -0.39 is 17.6 Å². The predicted octanol–water partition coefficient (Wildman–Crippen LogP) is 4.00. The average molecular weight is 430 g/mol. The molecule has 0 atom stereocenters. The number of benzene rings is 2. The minimum atomic E-state index is -4.46. The molecule has 2 N–H and O–H groups in total. The number of nitrogens with zero attached hydrogens (tertiary/aromatic N) is 2. The molecule has 0 aliphatic heterocycles. The van der Waals surface area contributed by atoms with Crippen molar-refractivity contribution in [3.8, 4) is 10.6 Å². The number of amides is 1. The number of hydrogen-bond acceptors (Lipinski definition) is 5. The standard InChI is InChI=1S/C20H13F3N4O2S/c21-20(22,23)12-5-3-4-11(8-12)19-25-16(10-30-19)18(29)24-9-15-13-6-1-2-7-14(13)17(28)27-26-15/h1-8,10H,9H2,(H,24,29)(H,27,28). The van der Waals surface area contributed by atoms with Gasteiger partial charge >= 0.3 is 6.18 Å². The van der Waals surface area contributed by atoms with E-state index in [4.69, 9.17) is 0 Å². The lowest BCUT2D eigenvalue weighted by atomic mass is 10.1. The molecule has 0 bridgehead atoms. The van der Waals surface area contributed by atoms with Crippen LogP contribution in [0.5, 0.6) is 0 Å². The normalized spacial score (nSPS) is 11.6. The van der Waals surface area contributed by atoms with E-state index in [-0.39, 0.29) is 23.4 Å². The highest BCUT2D eigenvalue weighted by molar-refractivity contribution is 7.13. The largest absolute Gasteiger partial charge is 0.416 e. The van der Waals surface area contributed by atoms with Gasteiger partial charge in [0.15, 0.2) is 0 Å². The summed E-state index contributed by atoms with van der Waals surface area (Å²) >= 11 is 1.07. The van der Waals surface area contributed by atoms with Gasteiger partial charge in [0.05, 0.1) is 23.2 Å². The third kappa shape index (κ3) is 3.94. The van der Waals surface area contributed by atoms with Crippen LogP contribution in [-0.4, -0.2) is 21.1 Å². The van der Waals surface area contributed by atoms with E-state index in [9.17, 15) is 22.8 Å². The Bertz CT molecular complexity index is 1300. The maximum atomic E-state index is 12.9. The van der Waals surface area contributed by atoms with E-state index >= 15 is 0 Å². The molecule has 0 aliphatic rings. The lowest BCUT2D eigenvalue weighted by molar-refractivity contribution is -0.137. The summed E-state index contributed by atoms with van der Waals surface area (Å²) in [6, 6.07) is 11.7. The summed E-state index contributed by atoms with van der Waals surface area (Å²) in [5, 5.41) is 11.9. The lowest BCUT2D eigenvalue weighted by Crippen LogP contribution is -2.25. The van der Waals surface area contributed by atoms with Crippen molar-refractivity contribution in [2.45, 2.75) is 12.7 Å². The summed E-state index contributed by atoms with van der Waals surface area (Å²) in [5.41, 5.74) is -0.265. The van der Waals surface area contributed by atoms with Crippen molar-refractivity contribution >= 4 is 28.0 Å². The molecule has 10 heteroatoms. The van der Waals surface area contributed by atoms with Crippen LogP contribution in [0, 0.1) is 0 Å². The molecule has 0 saturated carbocycles. The number of aromatic amines is 1. The Morgan fingerprint density at radius 3 is 2.63 bits per heavy atom. The smallest absolute Gasteiger partial charge is 0.345 e. The molecular weight excluding hydrogens is 417 g/mol. The van der Waals surface area contributed by atoms with Crippen molar-refractivity contribution in [1.29, 1.82) is 0 Å². The second kappa shape index (κ2) is 7.71. The van der Waals surface area contributed by atoms with Crippen molar-refractivity contribution in [2.75, 3.05) is 0 Å². The molecule has 4 rings (SSSR count). The molecule has 30 heavy (non-hydrogen) atoms. The van der Waals surface area contributed by atoms with Crippen LogP contribution in [0.3, 0.4) is 0 Å². The van der Waals surface area contributed by atoms with E-state index in [0.29, 0.717) is 21.5 Å². The molecule has 6 nitrogen and oxygen atoms in total. The fraction of sp³-hybridized carbons (Fsp3) is 0.100. The highest BCUT2D eigenvalue weighted by atomic mass is 32.1. The van der Waals surface area contributed by atoms with Gasteiger partial charge in [-0.25, -0.2) is 10.1 Å². The molecule has 2 aromatic carbocycles. The van der Waals surface area contributed by atoms with Crippen molar-refractivity contribution in [1.82, 2.24) is 20.5 Å². The number of aromatic nitrogens is 3. The Labute approximate surface area is 171 Å². The van der Waals surface area contributed by atoms with Gasteiger partial charge in [-0.3, -0.25) is 9.59 Å². The van der Waals surface area contributed by atoms with Crippen LogP contribution in [0.2, 0.25) is 0 Å². The van der Waals surface area contributed by atoms with Gasteiger partial charge in [0.1, 0.15) is 10.7 Å². The van der Waals surface area contributed by atoms with Crippen LogP contribution >= 0.6 is 11.3 Å². The fourth-order valence-corrected chi connectivity index (χ4v) is 3.70. The molecular formula is C20H13F3N4O2S. The zero-order valence-corrected chi connectivity index (χ0v) is 16.0. The first kappa shape index (κ1) is 19.8. The van der Waals surface area contributed by atoms with Gasteiger partial charge in [-0.15, -0.1) is 11.3 Å². The molecule has 0 saturated heterocycles. The zero-order valence-electron chi connectivity index (χ0n) is 15.2. The van der Waals surface area contributed by atoms with Crippen LogP contribution in [0.15, 0.2) is 58.7 Å². The molecule has 1 amide bonds. The number of rotatable bonds is 4. The van der Waals surface area contributed by atoms with E-state index in [1.807, 2.05) is 0 Å². The fourth-order valence-electron chi connectivity index (χ4n) is 2.90. The Morgan fingerprint density at radius 2 is 1.87 bits per heavy atom. The summed E-state index contributed by atoms with van der Waals surface area (Å²) in [6.07, 6.45) is -4.46. The minimum Gasteiger partial charge on any atom is -0.345 e. The number of halogens is 3. The molecule has 0 fully saturated rings. The molecule has 0 radical (unpaired) electrons. The number of alkyl halides is 3. The lowest BCUT2D eigenvalue weighted by Gasteiger charge is -2.07. The van der Waals surface area contributed by atoms with Crippen LogP contribution < -0.4 is 10.9 Å². The van der Waals surface area contributed by atoms with Crippen LogP contribution in [0.1, 0.15) is 21.7 Å². The molecule has 2 aromatic heterocycles. The van der Waals surface area contributed by atoms with Crippen LogP contribution in [0.25, 0.3) is 21.3 Å². The van der Waals surface area contributed by atoms with Gasteiger partial charge in [-0.1, -0.05) is 30.3 Å². The van der Waals surface area contributed by atoms with Gasteiger partial charge in [0.2, 0.25) is 0 Å². The quantitative estimate of drug-likeness (QED) is 0.512. The number of carbonyl (C=O) groups excluding carboxylic acids is 1. The summed E-state index contributed by atoms with van der Waals surface area (Å²) in [4.78, 5) is 28.4. The first-order valence-corrected chi connectivity index (χ1v) is 9.58. The maximum absolute atomic E-state index is 12.9. The van der Waals surface area contributed by atoms with Gasteiger partial charge in [0.25, 0.3) is 11.5 Å². The molecule has 2 heterocycles. The molecule has 0 aliphatic carbocycles. The Kier molecular flexibility index (Phi) is 5.08. The number of hydrogen-bond donors (Lipinski definition) is 2. The predicted molar refractivity (Wildman–Crippen MR) is 106 cm³/mol. The topological polar surface area (TPSA) is 87.7 Å². The monoisotopic (exact) mass is 430 g/mol. The number of thiazole rings is 1. The van der Waals surface area contributed by atoms with Crippen molar-refractivity contribution in [3.63, 3.8) is 0 Å². The van der Waals surface area contributed by atoms with Gasteiger partial charge in [-0.05, 0) is 18.2 Å². The first-order valence-electron chi connectivity index (χ1n) is 8.70. The highest BCUT2D eigenvalue weighted by Crippen LogP contribution is 2.33. The van der Waals surface area contributed by atoms with Gasteiger partial charge in [0, 0.05) is 16.3 Å². The van der Waals surface area contributed by atoms with E-state index in [2.05, 4.69) is 20.5 Å². The van der Waals surface area contributed by atoms with Crippen molar-refractivity contribution < 1.29 is 18.0 Å². The number of H-pyrrole nitrogens is 1. The summed E-state index contributed by atoms with van der Waals surface area (Å²) in [7, 11) is 0. The number of carbonyl (C=O) groups is 1. The van der Waals surface area contributed by atoms with Crippen LogP contribution in [-0.2, 0) is 12.7 Å². The SMILES string of the molecule is O=C(NCc1n[nH]c(=O)c2ccccc12)c1csc(-c2cccc(C(F)(F)F)c2)n1. The first-order chi connectivity index (χ1) is 14.3. The third-order valence-corrected chi connectivity index (χ3v) is 5.26. The molecule has 152 valence electrons. The summed E-state index contributed by atoms with van der Waals surface area (Å²) < 4.78 is 38.7. The Morgan fingerprint density at radius 1 is 1.10 bits per heavy atom. The maximum Gasteiger partial charge on any atom is 0.416 e. The van der Waals surface area contributed by atoms with Crippen molar-refractivity contribution in [2.24, 2.45) is 0 Å². The van der Waals surface area contributed by atoms with Gasteiger partial charge in [-0.2, -0.15) is 18.3 Å². The zero-order chi connectivity index (χ0) is 21.3. The molecule has 0 spiro atoms. The summed E-state index contributed by atoms with van der Waals surface area (Å²) in [6.45, 7) is 0.0482. The minimum absolute atomic E-state index is 0.0482. The molecule has 4 aromatic rings. The van der Waals surface area contributed by atoms with Crippen molar-refractivity contribution in [3.05, 3.63) is 81.2 Å². The van der Waals surface area contributed by atoms with E-state index in [0.717, 1.165) is 23.5 Å². The van der Waals surface area contributed by atoms with Crippen LogP contribution in [0.4, 0.5) is 13.2 Å². The van der Waals surface area contributed by atoms with E-state index in [1.54, 1.807) is 24.3 Å².